The summed E-state index contributed by atoms with van der Waals surface area (Å²) in [6.45, 7) is 5.49. The van der Waals surface area contributed by atoms with Crippen molar-refractivity contribution in [3.63, 3.8) is 0 Å². The van der Waals surface area contributed by atoms with Gasteiger partial charge in [-0.05, 0) is 56.4 Å². The first kappa shape index (κ1) is 20.7. The fourth-order valence-electron chi connectivity index (χ4n) is 2.36. The van der Waals surface area contributed by atoms with Crippen molar-refractivity contribution in [3.05, 3.63) is 57.8 Å². The molecule has 2 aromatic rings. The molecule has 0 spiro atoms. The Balaban J connectivity index is 2.05. The molecule has 4 nitrogen and oxygen atoms in total. The maximum Gasteiger partial charge on any atom is 0.162 e. The highest BCUT2D eigenvalue weighted by Crippen LogP contribution is 2.34. The Morgan fingerprint density at radius 1 is 1.08 bits per heavy atom. The molecule has 0 heterocycles. The zero-order valence-corrected chi connectivity index (χ0v) is 17.1. The second-order valence-electron chi connectivity index (χ2n) is 6.22. The summed E-state index contributed by atoms with van der Waals surface area (Å²) < 4.78 is 25.6. The van der Waals surface area contributed by atoms with E-state index in [1.54, 1.807) is 12.1 Å². The molecule has 0 atom stereocenters. The molecule has 0 unspecified atom stereocenters. The molecule has 26 heavy (non-hydrogen) atoms. The van der Waals surface area contributed by atoms with E-state index in [1.165, 1.54) is 12.1 Å². The number of rotatable bonds is 10. The van der Waals surface area contributed by atoms with Gasteiger partial charge in [0, 0.05) is 24.1 Å². The molecule has 0 aliphatic carbocycles. The third kappa shape index (κ3) is 6.59. The highest BCUT2D eigenvalue weighted by atomic mass is 79.9. The van der Waals surface area contributed by atoms with Crippen LogP contribution in [-0.2, 0) is 13.2 Å². The quantitative estimate of drug-likeness (QED) is 0.578. The largest absolute Gasteiger partial charge is 0.490 e. The number of ether oxygens (including phenoxy) is 2. The van der Waals surface area contributed by atoms with E-state index in [1.807, 2.05) is 19.1 Å². The Morgan fingerprint density at radius 3 is 2.42 bits per heavy atom. The summed E-state index contributed by atoms with van der Waals surface area (Å²) in [7, 11) is 4.11. The predicted octanol–water partition coefficient (Wildman–Crippen LogP) is 4.22. The molecule has 0 radical (unpaired) electrons. The lowest BCUT2D eigenvalue weighted by Crippen LogP contribution is -2.26. The minimum absolute atomic E-state index is 0.252. The summed E-state index contributed by atoms with van der Waals surface area (Å²) in [5.74, 6) is 1.12. The van der Waals surface area contributed by atoms with E-state index in [4.69, 9.17) is 9.47 Å². The van der Waals surface area contributed by atoms with Crippen molar-refractivity contribution >= 4 is 15.9 Å². The monoisotopic (exact) mass is 424 g/mol. The molecule has 0 aliphatic heterocycles. The van der Waals surface area contributed by atoms with Crippen molar-refractivity contribution in [1.82, 2.24) is 10.2 Å². The van der Waals surface area contributed by atoms with E-state index < -0.39 is 0 Å². The number of hydrogen-bond donors (Lipinski definition) is 1. The topological polar surface area (TPSA) is 33.7 Å². The molecule has 0 saturated heterocycles. The van der Waals surface area contributed by atoms with Crippen LogP contribution in [-0.4, -0.2) is 38.7 Å². The highest BCUT2D eigenvalue weighted by molar-refractivity contribution is 9.10. The number of likely N-dealkylation sites (N-methyl/N-ethyl adjacent to an activating group) is 1. The van der Waals surface area contributed by atoms with E-state index in [0.717, 1.165) is 35.2 Å². The van der Waals surface area contributed by atoms with E-state index in [-0.39, 0.29) is 5.82 Å². The fourth-order valence-corrected chi connectivity index (χ4v) is 2.82. The van der Waals surface area contributed by atoms with Crippen molar-refractivity contribution in [3.8, 4) is 11.5 Å². The van der Waals surface area contributed by atoms with Gasteiger partial charge in [0.1, 0.15) is 12.4 Å². The van der Waals surface area contributed by atoms with E-state index in [2.05, 4.69) is 40.2 Å². The molecule has 1 N–H and O–H groups in total. The van der Waals surface area contributed by atoms with Crippen molar-refractivity contribution in [2.24, 2.45) is 0 Å². The minimum atomic E-state index is -0.252. The van der Waals surface area contributed by atoms with Gasteiger partial charge in [0.25, 0.3) is 0 Å². The van der Waals surface area contributed by atoms with Crippen LogP contribution in [0.5, 0.6) is 11.5 Å². The first-order chi connectivity index (χ1) is 12.5. The number of nitrogens with zero attached hydrogens (tertiary/aromatic N) is 1. The van der Waals surface area contributed by atoms with Crippen LogP contribution in [0.3, 0.4) is 0 Å². The molecule has 2 rings (SSSR count). The molecule has 6 heteroatoms. The van der Waals surface area contributed by atoms with E-state index in [9.17, 15) is 4.39 Å². The summed E-state index contributed by atoms with van der Waals surface area (Å²) in [4.78, 5) is 2.14. The van der Waals surface area contributed by atoms with Gasteiger partial charge in [0.05, 0.1) is 6.61 Å². The SMILES string of the molecule is CCOc1cc(CNCCN(C)C)c(Br)cc1OCc1ccc(F)cc1. The maximum atomic E-state index is 13.0. The van der Waals surface area contributed by atoms with Crippen molar-refractivity contribution in [1.29, 1.82) is 0 Å². The van der Waals surface area contributed by atoms with Crippen LogP contribution in [0.1, 0.15) is 18.1 Å². The summed E-state index contributed by atoms with van der Waals surface area (Å²) in [5.41, 5.74) is 2.01. The Hall–Kier alpha value is -1.63. The van der Waals surface area contributed by atoms with Crippen LogP contribution in [0.4, 0.5) is 4.39 Å². The van der Waals surface area contributed by atoms with Crippen molar-refractivity contribution < 1.29 is 13.9 Å². The van der Waals surface area contributed by atoms with Crippen LogP contribution in [0.2, 0.25) is 0 Å². The first-order valence-corrected chi connectivity index (χ1v) is 9.46. The van der Waals surface area contributed by atoms with Crippen LogP contribution in [0.25, 0.3) is 0 Å². The van der Waals surface area contributed by atoms with Crippen LogP contribution in [0.15, 0.2) is 40.9 Å². The van der Waals surface area contributed by atoms with Gasteiger partial charge in [-0.1, -0.05) is 28.1 Å². The minimum Gasteiger partial charge on any atom is -0.490 e. The van der Waals surface area contributed by atoms with Crippen LogP contribution < -0.4 is 14.8 Å². The smallest absolute Gasteiger partial charge is 0.162 e. The summed E-state index contributed by atoms with van der Waals surface area (Å²) >= 11 is 3.61. The van der Waals surface area contributed by atoms with Crippen molar-refractivity contribution in [2.75, 3.05) is 33.8 Å². The van der Waals surface area contributed by atoms with Crippen LogP contribution in [0, 0.1) is 5.82 Å². The second-order valence-corrected chi connectivity index (χ2v) is 7.07. The highest BCUT2D eigenvalue weighted by Gasteiger charge is 2.11. The predicted molar refractivity (Wildman–Crippen MR) is 106 cm³/mol. The normalized spacial score (nSPS) is 11.0. The Morgan fingerprint density at radius 2 is 1.77 bits per heavy atom. The van der Waals surface area contributed by atoms with Gasteiger partial charge in [-0.3, -0.25) is 0 Å². The lowest BCUT2D eigenvalue weighted by atomic mass is 10.2. The molecule has 0 aliphatic rings. The van der Waals surface area contributed by atoms with Gasteiger partial charge in [-0.15, -0.1) is 0 Å². The molecule has 142 valence electrons. The van der Waals surface area contributed by atoms with Gasteiger partial charge in [-0.25, -0.2) is 4.39 Å². The first-order valence-electron chi connectivity index (χ1n) is 8.67. The van der Waals surface area contributed by atoms with E-state index >= 15 is 0 Å². The standard InChI is InChI=1S/C20H26BrFN2O2/c1-4-25-19-11-16(13-23-9-10-24(2)3)18(21)12-20(19)26-14-15-5-7-17(22)8-6-15/h5-8,11-12,23H,4,9-10,13-14H2,1-3H3. The Bertz CT molecular complexity index is 693. The molecular weight excluding hydrogens is 399 g/mol. The summed E-state index contributed by atoms with van der Waals surface area (Å²) in [6.07, 6.45) is 0. The zero-order valence-electron chi connectivity index (χ0n) is 15.5. The molecule has 0 aromatic heterocycles. The van der Waals surface area contributed by atoms with Crippen molar-refractivity contribution in [2.45, 2.75) is 20.1 Å². The third-order valence-corrected chi connectivity index (χ3v) is 4.51. The molecule has 0 amide bonds. The number of benzene rings is 2. The van der Waals surface area contributed by atoms with Gasteiger partial charge < -0.3 is 19.7 Å². The summed E-state index contributed by atoms with van der Waals surface area (Å²) in [6, 6.07) is 10.2. The maximum absolute atomic E-state index is 13.0. The molecule has 0 bridgehead atoms. The zero-order chi connectivity index (χ0) is 18.9. The lowest BCUT2D eigenvalue weighted by molar-refractivity contribution is 0.268. The van der Waals surface area contributed by atoms with Gasteiger partial charge in [0.2, 0.25) is 0 Å². The molecule has 2 aromatic carbocycles. The third-order valence-electron chi connectivity index (χ3n) is 3.77. The Labute approximate surface area is 163 Å². The lowest BCUT2D eigenvalue weighted by Gasteiger charge is -2.16. The average Bonchev–Trinajstić information content (AvgIpc) is 2.61. The average molecular weight is 425 g/mol. The second kappa shape index (κ2) is 10.5. The van der Waals surface area contributed by atoms with Gasteiger partial charge >= 0.3 is 0 Å². The molecule has 0 fully saturated rings. The number of nitrogens with one attached hydrogen (secondary N) is 1. The van der Waals surface area contributed by atoms with Gasteiger partial charge in [-0.2, -0.15) is 0 Å². The molecule has 0 saturated carbocycles. The molecular formula is C20H26BrFN2O2. The van der Waals surface area contributed by atoms with E-state index in [0.29, 0.717) is 24.7 Å². The fraction of sp³-hybridized carbons (Fsp3) is 0.400. The van der Waals surface area contributed by atoms with Gasteiger partial charge in [0.15, 0.2) is 11.5 Å². The number of hydrogen-bond acceptors (Lipinski definition) is 4. The number of halogens is 2. The van der Waals surface area contributed by atoms with Crippen LogP contribution >= 0.6 is 15.9 Å². The summed E-state index contributed by atoms with van der Waals surface area (Å²) in [5, 5.41) is 3.42. The Kier molecular flexibility index (Phi) is 8.35.